The Labute approximate surface area is 214 Å². The summed E-state index contributed by atoms with van der Waals surface area (Å²) in [7, 11) is 0. The van der Waals surface area contributed by atoms with Crippen LogP contribution in [0.4, 0.5) is 10.8 Å². The third-order valence-electron chi connectivity index (χ3n) is 5.07. The SMILES string of the molecule is CC(C)(C)c1cnc(CSc2cnc(NC(=O)CCCCCCC(=O)Nc3ccc(O)cc3)s2)o1. The van der Waals surface area contributed by atoms with Gasteiger partial charge in [-0.2, -0.15) is 0 Å². The quantitative estimate of drug-likeness (QED) is 0.146. The number of unbranched alkanes of at least 4 members (excludes halogenated alkanes) is 3. The highest BCUT2D eigenvalue weighted by atomic mass is 32.2. The topological polar surface area (TPSA) is 117 Å². The molecule has 2 amide bonds. The van der Waals surface area contributed by atoms with Crippen LogP contribution in [0.15, 0.2) is 45.3 Å². The van der Waals surface area contributed by atoms with E-state index in [0.29, 0.717) is 35.3 Å². The molecule has 0 saturated heterocycles. The number of carbonyl (C=O) groups is 2. The van der Waals surface area contributed by atoms with Crippen LogP contribution in [0.3, 0.4) is 0 Å². The number of amides is 2. The van der Waals surface area contributed by atoms with Gasteiger partial charge in [0.2, 0.25) is 17.7 Å². The van der Waals surface area contributed by atoms with Crippen molar-refractivity contribution in [2.24, 2.45) is 0 Å². The molecule has 1 aromatic carbocycles. The molecule has 0 radical (unpaired) electrons. The van der Waals surface area contributed by atoms with E-state index in [9.17, 15) is 14.7 Å². The summed E-state index contributed by atoms with van der Waals surface area (Å²) in [5.74, 6) is 2.21. The lowest BCUT2D eigenvalue weighted by Gasteiger charge is -2.12. The number of hydrogen-bond acceptors (Lipinski definition) is 8. The van der Waals surface area contributed by atoms with E-state index in [1.165, 1.54) is 23.5 Å². The largest absolute Gasteiger partial charge is 0.508 e. The monoisotopic (exact) mass is 516 g/mol. The standard InChI is InChI=1S/C25H32N4O4S2/c1-25(2,3)19-14-26-22(33-19)16-34-23-15-27-24(35-23)29-21(32)9-7-5-4-6-8-20(31)28-17-10-12-18(30)13-11-17/h10-15,30H,4-9,16H2,1-3H3,(H,28,31)(H,27,29,32). The molecular formula is C25H32N4O4S2. The molecule has 0 fully saturated rings. The summed E-state index contributed by atoms with van der Waals surface area (Å²) in [4.78, 5) is 32.8. The molecule has 0 aliphatic carbocycles. The van der Waals surface area contributed by atoms with E-state index in [0.717, 1.165) is 35.7 Å². The number of oxazole rings is 1. The van der Waals surface area contributed by atoms with Gasteiger partial charge in [-0.1, -0.05) is 44.9 Å². The first-order chi connectivity index (χ1) is 16.7. The van der Waals surface area contributed by atoms with E-state index in [4.69, 9.17) is 4.42 Å². The first-order valence-electron chi connectivity index (χ1n) is 11.6. The number of thioether (sulfide) groups is 1. The third kappa shape index (κ3) is 9.37. The van der Waals surface area contributed by atoms with Crippen molar-refractivity contribution in [3.8, 4) is 5.75 Å². The maximum absolute atomic E-state index is 12.2. The highest BCUT2D eigenvalue weighted by Crippen LogP contribution is 2.32. The zero-order valence-corrected chi connectivity index (χ0v) is 21.9. The number of carbonyl (C=O) groups excluding carboxylic acids is 2. The Hall–Kier alpha value is -2.85. The van der Waals surface area contributed by atoms with E-state index < -0.39 is 0 Å². The molecule has 2 heterocycles. The van der Waals surface area contributed by atoms with Crippen LogP contribution in [0.2, 0.25) is 0 Å². The maximum Gasteiger partial charge on any atom is 0.226 e. The zero-order valence-electron chi connectivity index (χ0n) is 20.3. The highest BCUT2D eigenvalue weighted by molar-refractivity contribution is 8.00. The highest BCUT2D eigenvalue weighted by Gasteiger charge is 2.19. The normalized spacial score (nSPS) is 11.4. The minimum absolute atomic E-state index is 0.0523. The van der Waals surface area contributed by atoms with E-state index in [1.807, 2.05) is 0 Å². The van der Waals surface area contributed by atoms with Gasteiger partial charge in [0.15, 0.2) is 5.13 Å². The van der Waals surface area contributed by atoms with E-state index in [2.05, 4.69) is 41.4 Å². The Morgan fingerprint density at radius 1 is 0.971 bits per heavy atom. The summed E-state index contributed by atoms with van der Waals surface area (Å²) < 4.78 is 6.80. The fraction of sp³-hybridized carbons (Fsp3) is 0.440. The van der Waals surface area contributed by atoms with Gasteiger partial charge in [0.1, 0.15) is 11.5 Å². The molecule has 3 N–H and O–H groups in total. The predicted molar refractivity (Wildman–Crippen MR) is 140 cm³/mol. The van der Waals surface area contributed by atoms with Crippen molar-refractivity contribution in [2.45, 2.75) is 74.7 Å². The number of aromatic hydroxyl groups is 1. The van der Waals surface area contributed by atoms with Gasteiger partial charge in [-0.05, 0) is 37.1 Å². The van der Waals surface area contributed by atoms with Gasteiger partial charge >= 0.3 is 0 Å². The summed E-state index contributed by atoms with van der Waals surface area (Å²) in [6.07, 6.45) is 7.67. The van der Waals surface area contributed by atoms with Gasteiger partial charge in [0, 0.05) is 23.9 Å². The summed E-state index contributed by atoms with van der Waals surface area (Å²) >= 11 is 3.02. The molecule has 0 aliphatic heterocycles. The number of nitrogens with one attached hydrogen (secondary N) is 2. The van der Waals surface area contributed by atoms with Crippen molar-refractivity contribution >= 4 is 45.7 Å². The van der Waals surface area contributed by atoms with Gasteiger partial charge in [-0.15, -0.1) is 11.8 Å². The number of phenolic OH excluding ortho intramolecular Hbond substituents is 1. The Morgan fingerprint density at radius 3 is 2.26 bits per heavy atom. The van der Waals surface area contributed by atoms with Gasteiger partial charge in [-0.25, -0.2) is 9.97 Å². The Balaban J connectivity index is 1.27. The second-order valence-corrected chi connectivity index (χ2v) is 11.5. The molecule has 3 aromatic rings. The Morgan fingerprint density at radius 2 is 1.63 bits per heavy atom. The molecule has 2 aromatic heterocycles. The molecule has 0 spiro atoms. The molecule has 0 aliphatic rings. The van der Waals surface area contributed by atoms with E-state index >= 15 is 0 Å². The minimum Gasteiger partial charge on any atom is -0.508 e. The second kappa shape index (κ2) is 12.7. The van der Waals surface area contributed by atoms with Crippen LogP contribution in [0, 0.1) is 0 Å². The number of phenols is 1. The average molecular weight is 517 g/mol. The van der Waals surface area contributed by atoms with Crippen LogP contribution < -0.4 is 10.6 Å². The lowest BCUT2D eigenvalue weighted by Crippen LogP contribution is -2.11. The number of hydrogen-bond donors (Lipinski definition) is 3. The van der Waals surface area contributed by atoms with Gasteiger partial charge < -0.3 is 20.2 Å². The fourth-order valence-electron chi connectivity index (χ4n) is 3.12. The Bertz CT molecular complexity index is 1100. The lowest BCUT2D eigenvalue weighted by molar-refractivity contribution is -0.117. The Kier molecular flexibility index (Phi) is 9.73. The number of anilines is 2. The van der Waals surface area contributed by atoms with Crippen LogP contribution in [-0.2, 0) is 20.8 Å². The molecule has 0 saturated carbocycles. The van der Waals surface area contributed by atoms with Crippen molar-refractivity contribution in [2.75, 3.05) is 10.6 Å². The van der Waals surface area contributed by atoms with Crippen LogP contribution >= 0.6 is 23.1 Å². The smallest absolute Gasteiger partial charge is 0.226 e. The number of benzene rings is 1. The first kappa shape index (κ1) is 26.7. The molecule has 0 unspecified atom stereocenters. The summed E-state index contributed by atoms with van der Waals surface area (Å²) in [6.45, 7) is 6.26. The molecule has 35 heavy (non-hydrogen) atoms. The summed E-state index contributed by atoms with van der Waals surface area (Å²) in [5, 5.41) is 15.5. The number of rotatable bonds is 12. The molecule has 10 heteroatoms. The first-order valence-corrected chi connectivity index (χ1v) is 13.4. The average Bonchev–Trinajstić information content (AvgIpc) is 3.46. The van der Waals surface area contributed by atoms with Gasteiger partial charge in [0.25, 0.3) is 0 Å². The summed E-state index contributed by atoms with van der Waals surface area (Å²) in [6, 6.07) is 6.39. The zero-order chi connectivity index (χ0) is 25.3. The molecule has 188 valence electrons. The molecule has 3 rings (SSSR count). The van der Waals surface area contributed by atoms with Gasteiger partial charge in [-0.3, -0.25) is 9.59 Å². The third-order valence-corrected chi connectivity index (χ3v) is 7.16. The van der Waals surface area contributed by atoms with Crippen LogP contribution in [0.25, 0.3) is 0 Å². The predicted octanol–water partition coefficient (Wildman–Crippen LogP) is 6.34. The molecular weight excluding hydrogens is 484 g/mol. The van der Waals surface area contributed by atoms with Crippen molar-refractivity contribution in [3.63, 3.8) is 0 Å². The molecule has 0 atom stereocenters. The lowest BCUT2D eigenvalue weighted by atomic mass is 9.94. The fourth-order valence-corrected chi connectivity index (χ4v) is 4.86. The number of thiazole rings is 1. The van der Waals surface area contributed by atoms with E-state index in [1.54, 1.807) is 36.3 Å². The maximum atomic E-state index is 12.2. The number of aromatic nitrogens is 2. The van der Waals surface area contributed by atoms with Crippen LogP contribution in [-0.4, -0.2) is 26.9 Å². The van der Waals surface area contributed by atoms with Crippen molar-refractivity contribution < 1.29 is 19.1 Å². The van der Waals surface area contributed by atoms with E-state index in [-0.39, 0.29) is 23.0 Å². The molecule has 8 nitrogen and oxygen atoms in total. The molecule has 0 bridgehead atoms. The van der Waals surface area contributed by atoms with Crippen molar-refractivity contribution in [1.82, 2.24) is 9.97 Å². The number of nitrogens with zero attached hydrogens (tertiary/aromatic N) is 2. The van der Waals surface area contributed by atoms with Crippen molar-refractivity contribution in [1.29, 1.82) is 0 Å². The minimum atomic E-state index is -0.0683. The van der Waals surface area contributed by atoms with Crippen LogP contribution in [0.5, 0.6) is 5.75 Å². The van der Waals surface area contributed by atoms with Crippen molar-refractivity contribution in [3.05, 3.63) is 48.3 Å². The van der Waals surface area contributed by atoms with Crippen LogP contribution in [0.1, 0.15) is 70.9 Å². The van der Waals surface area contributed by atoms with Gasteiger partial charge in [0.05, 0.1) is 22.4 Å². The second-order valence-electron chi connectivity index (χ2n) is 9.20. The summed E-state index contributed by atoms with van der Waals surface area (Å²) in [5.41, 5.74) is 0.599.